The third-order valence-corrected chi connectivity index (χ3v) is 4.66. The zero-order valence-electron chi connectivity index (χ0n) is 14.8. The second kappa shape index (κ2) is 7.72. The first kappa shape index (κ1) is 18.8. The lowest BCUT2D eigenvalue weighted by Gasteiger charge is -2.18. The molecule has 1 aromatic carbocycles. The maximum Gasteiger partial charge on any atom is 0.271 e. The van der Waals surface area contributed by atoms with Crippen LogP contribution in [0.3, 0.4) is 0 Å². The highest BCUT2D eigenvalue weighted by Crippen LogP contribution is 2.41. The van der Waals surface area contributed by atoms with E-state index in [2.05, 4.69) is 15.3 Å². The minimum absolute atomic E-state index is 0.164. The number of nitrogens with one attached hydrogen (secondary N) is 1. The number of amides is 1. The lowest BCUT2D eigenvalue weighted by molar-refractivity contribution is 0.0940. The predicted molar refractivity (Wildman–Crippen MR) is 102 cm³/mol. The summed E-state index contributed by atoms with van der Waals surface area (Å²) in [4.78, 5) is 20.4. The van der Waals surface area contributed by atoms with E-state index in [9.17, 15) is 4.79 Å². The molecule has 0 fully saturated rings. The van der Waals surface area contributed by atoms with E-state index < -0.39 is 0 Å². The molecule has 26 heavy (non-hydrogen) atoms. The fraction of sp³-hybridized carbons (Fsp3) is 0.389. The molecule has 1 aliphatic heterocycles. The van der Waals surface area contributed by atoms with Crippen LogP contribution in [-0.4, -0.2) is 40.9 Å². The summed E-state index contributed by atoms with van der Waals surface area (Å²) in [6.45, 7) is 4.72. The quantitative estimate of drug-likeness (QED) is 0.460. The second-order valence-electron chi connectivity index (χ2n) is 6.44. The van der Waals surface area contributed by atoms with Crippen molar-refractivity contribution < 1.29 is 14.3 Å². The van der Waals surface area contributed by atoms with Gasteiger partial charge in [0.15, 0.2) is 22.3 Å². The monoisotopic (exact) mass is 393 g/mol. The van der Waals surface area contributed by atoms with Gasteiger partial charge in [-0.15, -0.1) is 0 Å². The smallest absolute Gasteiger partial charge is 0.271 e. The van der Waals surface area contributed by atoms with Crippen molar-refractivity contribution in [3.05, 3.63) is 40.7 Å². The first-order valence-corrected chi connectivity index (χ1v) is 9.78. The first-order valence-electron chi connectivity index (χ1n) is 8.18. The maximum absolute atomic E-state index is 12.2. The van der Waals surface area contributed by atoms with E-state index in [1.165, 1.54) is 18.0 Å². The van der Waals surface area contributed by atoms with Gasteiger partial charge < -0.3 is 14.8 Å². The van der Waals surface area contributed by atoms with Crippen LogP contribution in [0, 0.1) is 0 Å². The molecule has 3 rings (SSSR count). The van der Waals surface area contributed by atoms with Crippen LogP contribution in [0.4, 0.5) is 0 Å². The van der Waals surface area contributed by atoms with Gasteiger partial charge in [-0.05, 0) is 26.2 Å². The molecule has 2 aromatic rings. The van der Waals surface area contributed by atoms with E-state index in [-0.39, 0.29) is 22.2 Å². The molecule has 0 radical (unpaired) electrons. The van der Waals surface area contributed by atoms with Gasteiger partial charge in [0.2, 0.25) is 0 Å². The molecule has 0 aliphatic carbocycles. The van der Waals surface area contributed by atoms with Crippen molar-refractivity contribution in [3.63, 3.8) is 0 Å². The number of hydrogen-bond donors (Lipinski definition) is 1. The summed E-state index contributed by atoms with van der Waals surface area (Å²) < 4.78 is 11.8. The molecule has 0 saturated heterocycles. The Morgan fingerprint density at radius 1 is 1.46 bits per heavy atom. The van der Waals surface area contributed by atoms with Crippen molar-refractivity contribution >= 4 is 29.3 Å². The van der Waals surface area contributed by atoms with Crippen LogP contribution in [0.5, 0.6) is 11.5 Å². The standard InChI is InChI=1S/C18H20ClN3O3S/c1-18(2)9-11-5-4-6-13(15(11)25-18)24-8-7-20-16(23)14-12(19)10-21-17(22-14)26-3/h4-6,10H,7-9H2,1-3H3,(H,20,23). The van der Waals surface area contributed by atoms with E-state index in [0.717, 1.165) is 17.7 Å². The average molecular weight is 394 g/mol. The Bertz CT molecular complexity index is 829. The fourth-order valence-electron chi connectivity index (χ4n) is 2.72. The van der Waals surface area contributed by atoms with E-state index in [0.29, 0.717) is 24.1 Å². The van der Waals surface area contributed by atoms with Crippen LogP contribution in [0.25, 0.3) is 0 Å². The van der Waals surface area contributed by atoms with E-state index in [1.807, 2.05) is 38.3 Å². The molecule has 0 spiro atoms. The van der Waals surface area contributed by atoms with Gasteiger partial charge in [0, 0.05) is 12.0 Å². The molecule has 8 heteroatoms. The van der Waals surface area contributed by atoms with Gasteiger partial charge in [-0.2, -0.15) is 0 Å². The number of nitrogens with zero attached hydrogens (tertiary/aromatic N) is 2. The highest BCUT2D eigenvalue weighted by atomic mass is 35.5. The van der Waals surface area contributed by atoms with Crippen LogP contribution in [0.15, 0.2) is 29.6 Å². The third kappa shape index (κ3) is 4.22. The van der Waals surface area contributed by atoms with Gasteiger partial charge in [0.1, 0.15) is 12.2 Å². The van der Waals surface area contributed by atoms with Crippen LogP contribution in [0.1, 0.15) is 29.9 Å². The van der Waals surface area contributed by atoms with Gasteiger partial charge in [-0.3, -0.25) is 4.79 Å². The zero-order chi connectivity index (χ0) is 18.7. The number of hydrogen-bond acceptors (Lipinski definition) is 6. The van der Waals surface area contributed by atoms with Crippen molar-refractivity contribution in [1.29, 1.82) is 0 Å². The third-order valence-electron chi connectivity index (χ3n) is 3.82. The molecule has 138 valence electrons. The zero-order valence-corrected chi connectivity index (χ0v) is 16.4. The number of halogens is 1. The number of fused-ring (bicyclic) bond motifs is 1. The number of aromatic nitrogens is 2. The van der Waals surface area contributed by atoms with E-state index in [4.69, 9.17) is 21.1 Å². The molecular weight excluding hydrogens is 374 g/mol. The van der Waals surface area contributed by atoms with Crippen LogP contribution in [0.2, 0.25) is 5.02 Å². The van der Waals surface area contributed by atoms with Crippen molar-refractivity contribution in [2.24, 2.45) is 0 Å². The molecule has 6 nitrogen and oxygen atoms in total. The molecule has 0 saturated carbocycles. The summed E-state index contributed by atoms with van der Waals surface area (Å²) in [6.07, 6.45) is 4.11. The maximum atomic E-state index is 12.2. The normalized spacial score (nSPS) is 14.5. The highest BCUT2D eigenvalue weighted by Gasteiger charge is 2.32. The molecule has 1 aromatic heterocycles. The number of benzene rings is 1. The lowest BCUT2D eigenvalue weighted by atomic mass is 10.0. The predicted octanol–water partition coefficient (Wildman–Crippen LogP) is 3.37. The number of rotatable bonds is 6. The fourth-order valence-corrected chi connectivity index (χ4v) is 3.24. The summed E-state index contributed by atoms with van der Waals surface area (Å²) in [5.41, 5.74) is 1.07. The molecule has 0 unspecified atom stereocenters. The van der Waals surface area contributed by atoms with Crippen LogP contribution >= 0.6 is 23.4 Å². The Morgan fingerprint density at radius 3 is 3.04 bits per heavy atom. The molecule has 1 N–H and O–H groups in total. The summed E-state index contributed by atoms with van der Waals surface area (Å²) in [6, 6.07) is 5.86. The van der Waals surface area contributed by atoms with Crippen LogP contribution < -0.4 is 14.8 Å². The van der Waals surface area contributed by atoms with Crippen molar-refractivity contribution in [3.8, 4) is 11.5 Å². The van der Waals surface area contributed by atoms with Crippen molar-refractivity contribution in [1.82, 2.24) is 15.3 Å². The summed E-state index contributed by atoms with van der Waals surface area (Å²) in [5.74, 6) is 1.12. The van der Waals surface area contributed by atoms with Gasteiger partial charge in [-0.25, -0.2) is 9.97 Å². The van der Waals surface area contributed by atoms with Crippen LogP contribution in [-0.2, 0) is 6.42 Å². The molecule has 0 atom stereocenters. The largest absolute Gasteiger partial charge is 0.488 e. The summed E-state index contributed by atoms with van der Waals surface area (Å²) in [7, 11) is 0. The Kier molecular flexibility index (Phi) is 5.58. The Balaban J connectivity index is 1.56. The molecule has 1 aliphatic rings. The first-order chi connectivity index (χ1) is 12.4. The molecule has 2 heterocycles. The molecule has 1 amide bonds. The van der Waals surface area contributed by atoms with Gasteiger partial charge in [-0.1, -0.05) is 35.5 Å². The highest BCUT2D eigenvalue weighted by molar-refractivity contribution is 7.98. The summed E-state index contributed by atoms with van der Waals surface area (Å²) in [5, 5.41) is 3.47. The Morgan fingerprint density at radius 2 is 2.27 bits per heavy atom. The number of carbonyl (C=O) groups is 1. The Hall–Kier alpha value is -1.99. The molecular formula is C18H20ClN3O3S. The van der Waals surface area contributed by atoms with E-state index in [1.54, 1.807) is 0 Å². The van der Waals surface area contributed by atoms with Gasteiger partial charge in [0.05, 0.1) is 17.8 Å². The minimum Gasteiger partial charge on any atom is -0.488 e. The van der Waals surface area contributed by atoms with Gasteiger partial charge >= 0.3 is 0 Å². The second-order valence-corrected chi connectivity index (χ2v) is 7.62. The number of para-hydroxylation sites is 1. The van der Waals surface area contributed by atoms with Crippen molar-refractivity contribution in [2.45, 2.75) is 31.0 Å². The van der Waals surface area contributed by atoms with Crippen molar-refractivity contribution in [2.75, 3.05) is 19.4 Å². The summed E-state index contributed by atoms with van der Waals surface area (Å²) >= 11 is 7.35. The lowest BCUT2D eigenvalue weighted by Crippen LogP contribution is -2.29. The topological polar surface area (TPSA) is 73.3 Å². The number of thioether (sulfide) groups is 1. The number of ether oxygens (including phenoxy) is 2. The number of carbonyl (C=O) groups excluding carboxylic acids is 1. The van der Waals surface area contributed by atoms with E-state index >= 15 is 0 Å². The average Bonchev–Trinajstić information content (AvgIpc) is 2.93. The van der Waals surface area contributed by atoms with Gasteiger partial charge in [0.25, 0.3) is 5.91 Å². The SMILES string of the molecule is CSc1ncc(Cl)c(C(=O)NCCOc2cccc3c2OC(C)(C)C3)n1. The molecule has 0 bridgehead atoms. The minimum atomic E-state index is -0.355. The Labute approximate surface area is 161 Å².